The van der Waals surface area contributed by atoms with Crippen molar-refractivity contribution < 1.29 is 9.00 Å². The summed E-state index contributed by atoms with van der Waals surface area (Å²) in [6, 6.07) is 9.27. The highest BCUT2D eigenvalue weighted by Gasteiger charge is 2.16. The van der Waals surface area contributed by atoms with Crippen molar-refractivity contribution in [3.05, 3.63) is 41.3 Å². The molecule has 1 aliphatic rings. The number of carbonyl (C=O) groups is 1. The smallest absolute Gasteiger partial charge is 0.156 e. The number of rotatable bonds is 2. The van der Waals surface area contributed by atoms with Crippen LogP contribution in [0.1, 0.15) is 19.3 Å². The first-order chi connectivity index (χ1) is 7.27. The molecule has 0 saturated carbocycles. The van der Waals surface area contributed by atoms with E-state index in [2.05, 4.69) is 0 Å². The molecule has 0 fully saturated rings. The summed E-state index contributed by atoms with van der Waals surface area (Å²) in [5.74, 6) is 0.0977. The van der Waals surface area contributed by atoms with Gasteiger partial charge in [0.05, 0.1) is 10.8 Å². The van der Waals surface area contributed by atoms with E-state index >= 15 is 0 Å². The number of hydrogen-bond donors (Lipinski definition) is 0. The van der Waals surface area contributed by atoms with E-state index < -0.39 is 10.8 Å². The van der Waals surface area contributed by atoms with Crippen LogP contribution in [0.5, 0.6) is 0 Å². The number of hydrogen-bond acceptors (Lipinski definition) is 2. The van der Waals surface area contributed by atoms with Gasteiger partial charge in [-0.2, -0.15) is 0 Å². The van der Waals surface area contributed by atoms with Crippen molar-refractivity contribution in [3.63, 3.8) is 0 Å². The second kappa shape index (κ2) is 4.53. The largest absolute Gasteiger partial charge is 0.295 e. The van der Waals surface area contributed by atoms with E-state index in [-0.39, 0.29) is 5.78 Å². The fourth-order valence-corrected chi connectivity index (χ4v) is 2.88. The Morgan fingerprint density at radius 3 is 2.47 bits per heavy atom. The second-order valence-electron chi connectivity index (χ2n) is 3.51. The molecule has 0 N–H and O–H groups in total. The molecular formula is C12H12O2S. The van der Waals surface area contributed by atoms with Crippen molar-refractivity contribution in [3.8, 4) is 0 Å². The van der Waals surface area contributed by atoms with Gasteiger partial charge in [-0.05, 0) is 31.1 Å². The molecule has 15 heavy (non-hydrogen) atoms. The van der Waals surface area contributed by atoms with Crippen molar-refractivity contribution in [1.82, 2.24) is 0 Å². The summed E-state index contributed by atoms with van der Waals surface area (Å²) >= 11 is 0. The summed E-state index contributed by atoms with van der Waals surface area (Å²) in [5, 5.41) is 0. The van der Waals surface area contributed by atoms with Crippen LogP contribution < -0.4 is 0 Å². The fraction of sp³-hybridized carbons (Fsp3) is 0.250. The van der Waals surface area contributed by atoms with Gasteiger partial charge in [-0.1, -0.05) is 18.2 Å². The van der Waals surface area contributed by atoms with E-state index in [4.69, 9.17) is 0 Å². The average molecular weight is 220 g/mol. The Kier molecular flexibility index (Phi) is 3.11. The van der Waals surface area contributed by atoms with E-state index in [0.717, 1.165) is 22.6 Å². The molecule has 0 aliphatic heterocycles. The van der Waals surface area contributed by atoms with Crippen LogP contribution in [0.3, 0.4) is 0 Å². The summed E-state index contributed by atoms with van der Waals surface area (Å²) < 4.78 is 12.0. The molecule has 1 aromatic rings. The molecule has 0 heterocycles. The summed E-state index contributed by atoms with van der Waals surface area (Å²) in [6.45, 7) is 0. The van der Waals surface area contributed by atoms with Crippen LogP contribution in [0.15, 0.2) is 46.2 Å². The quantitative estimate of drug-likeness (QED) is 0.767. The first-order valence-corrected chi connectivity index (χ1v) is 6.12. The van der Waals surface area contributed by atoms with E-state index in [0.29, 0.717) is 6.42 Å². The summed E-state index contributed by atoms with van der Waals surface area (Å²) in [6.07, 6.45) is 3.73. The first kappa shape index (κ1) is 10.3. The Balaban J connectivity index is 2.25. The molecule has 0 bridgehead atoms. The third-order valence-electron chi connectivity index (χ3n) is 2.36. The van der Waals surface area contributed by atoms with E-state index in [1.807, 2.05) is 30.3 Å². The van der Waals surface area contributed by atoms with Gasteiger partial charge in [0, 0.05) is 16.2 Å². The molecule has 0 spiro atoms. The lowest BCUT2D eigenvalue weighted by Crippen LogP contribution is -2.06. The Bertz CT molecular complexity index is 421. The highest BCUT2D eigenvalue weighted by molar-refractivity contribution is 7.89. The average Bonchev–Trinajstić information content (AvgIpc) is 2.29. The zero-order valence-electron chi connectivity index (χ0n) is 8.31. The van der Waals surface area contributed by atoms with Gasteiger partial charge in [0.1, 0.15) is 0 Å². The minimum atomic E-state index is -1.15. The predicted molar refractivity (Wildman–Crippen MR) is 59.8 cm³/mol. The van der Waals surface area contributed by atoms with Gasteiger partial charge in [0.2, 0.25) is 0 Å². The van der Waals surface area contributed by atoms with Crippen molar-refractivity contribution in [2.75, 3.05) is 0 Å². The maximum absolute atomic E-state index is 12.0. The Hall–Kier alpha value is -1.22. The SMILES string of the molecule is O=C1C=C(S(=O)c2ccccc2)CCC1. The number of ketones is 1. The molecule has 1 aromatic carbocycles. The summed E-state index contributed by atoms with van der Waals surface area (Å²) in [7, 11) is -1.15. The molecule has 78 valence electrons. The molecule has 1 aliphatic carbocycles. The fourth-order valence-electron chi connectivity index (χ4n) is 1.60. The molecule has 2 nitrogen and oxygen atoms in total. The summed E-state index contributed by atoms with van der Waals surface area (Å²) in [4.78, 5) is 12.7. The monoisotopic (exact) mass is 220 g/mol. The Labute approximate surface area is 91.5 Å². The molecule has 1 atom stereocenters. The van der Waals surface area contributed by atoms with Gasteiger partial charge in [-0.3, -0.25) is 4.79 Å². The molecular weight excluding hydrogens is 208 g/mol. The van der Waals surface area contributed by atoms with Gasteiger partial charge in [0.25, 0.3) is 0 Å². The van der Waals surface area contributed by atoms with Gasteiger partial charge in [0.15, 0.2) is 5.78 Å². The van der Waals surface area contributed by atoms with Crippen molar-refractivity contribution in [1.29, 1.82) is 0 Å². The van der Waals surface area contributed by atoms with Gasteiger partial charge in [-0.15, -0.1) is 0 Å². The lowest BCUT2D eigenvalue weighted by atomic mass is 10.1. The van der Waals surface area contributed by atoms with Crippen LogP contribution in [0.25, 0.3) is 0 Å². The normalized spacial score (nSPS) is 18.4. The minimum absolute atomic E-state index is 0.0977. The molecule has 2 rings (SSSR count). The minimum Gasteiger partial charge on any atom is -0.295 e. The number of benzene rings is 1. The number of carbonyl (C=O) groups excluding carboxylic acids is 1. The standard InChI is InChI=1S/C12H12O2S/c13-10-5-4-8-12(9-10)15(14)11-6-2-1-3-7-11/h1-3,6-7,9H,4-5,8H2. The van der Waals surface area contributed by atoms with E-state index in [1.165, 1.54) is 0 Å². The highest BCUT2D eigenvalue weighted by Crippen LogP contribution is 2.22. The third kappa shape index (κ3) is 2.42. The highest BCUT2D eigenvalue weighted by atomic mass is 32.2. The van der Waals surface area contributed by atoms with E-state index in [9.17, 15) is 9.00 Å². The topological polar surface area (TPSA) is 34.1 Å². The van der Waals surface area contributed by atoms with Crippen LogP contribution >= 0.6 is 0 Å². The Morgan fingerprint density at radius 2 is 1.80 bits per heavy atom. The molecule has 1 unspecified atom stereocenters. The second-order valence-corrected chi connectivity index (χ2v) is 5.05. The maximum Gasteiger partial charge on any atom is 0.156 e. The van der Waals surface area contributed by atoms with Crippen molar-refractivity contribution in [2.24, 2.45) is 0 Å². The maximum atomic E-state index is 12.0. The van der Waals surface area contributed by atoms with Crippen LogP contribution in [0, 0.1) is 0 Å². The molecule has 0 saturated heterocycles. The molecule has 0 radical (unpaired) electrons. The first-order valence-electron chi connectivity index (χ1n) is 4.97. The molecule has 3 heteroatoms. The van der Waals surface area contributed by atoms with Crippen LogP contribution in [-0.4, -0.2) is 9.99 Å². The molecule has 0 aromatic heterocycles. The van der Waals surface area contributed by atoms with Crippen LogP contribution in [0.2, 0.25) is 0 Å². The van der Waals surface area contributed by atoms with Crippen LogP contribution in [0.4, 0.5) is 0 Å². The predicted octanol–water partition coefficient (Wildman–Crippen LogP) is 2.43. The van der Waals surface area contributed by atoms with Gasteiger partial charge < -0.3 is 0 Å². The number of allylic oxidation sites excluding steroid dienone is 2. The van der Waals surface area contributed by atoms with Crippen molar-refractivity contribution in [2.45, 2.75) is 24.2 Å². The van der Waals surface area contributed by atoms with Crippen LogP contribution in [-0.2, 0) is 15.6 Å². The lowest BCUT2D eigenvalue weighted by Gasteiger charge is -2.11. The summed E-state index contributed by atoms with van der Waals surface area (Å²) in [5.41, 5.74) is 0. The molecule has 0 amide bonds. The zero-order valence-corrected chi connectivity index (χ0v) is 9.13. The third-order valence-corrected chi connectivity index (χ3v) is 3.86. The van der Waals surface area contributed by atoms with Gasteiger partial charge >= 0.3 is 0 Å². The zero-order chi connectivity index (χ0) is 10.7. The van der Waals surface area contributed by atoms with E-state index in [1.54, 1.807) is 6.08 Å². The van der Waals surface area contributed by atoms with Gasteiger partial charge in [-0.25, -0.2) is 4.21 Å². The lowest BCUT2D eigenvalue weighted by molar-refractivity contribution is -0.115. The van der Waals surface area contributed by atoms with Crippen molar-refractivity contribution >= 4 is 16.6 Å². The Morgan fingerprint density at radius 1 is 1.07 bits per heavy atom.